The number of phenolic OH excluding ortho intramolecular Hbond substituents is 1. The van der Waals surface area contributed by atoms with Crippen LogP contribution < -0.4 is 0 Å². The summed E-state index contributed by atoms with van der Waals surface area (Å²) in [6.07, 6.45) is 4.99. The molecule has 1 N–H and O–H groups in total. The first-order valence-electron chi connectivity index (χ1n) is 6.18. The Morgan fingerprint density at radius 3 is 2.79 bits per heavy atom. The fourth-order valence-electron chi connectivity index (χ4n) is 1.85. The molecule has 2 aromatic carbocycles. The molecule has 0 aliphatic carbocycles. The molecular formula is C16H16O2S. The Morgan fingerprint density at radius 1 is 1.21 bits per heavy atom. The summed E-state index contributed by atoms with van der Waals surface area (Å²) in [6.45, 7) is 1.59. The van der Waals surface area contributed by atoms with E-state index < -0.39 is 0 Å². The molecule has 0 fully saturated rings. The summed E-state index contributed by atoms with van der Waals surface area (Å²) in [5.41, 5.74) is 1.10. The van der Waals surface area contributed by atoms with Crippen molar-refractivity contribution in [1.82, 2.24) is 0 Å². The second kappa shape index (κ2) is 6.43. The highest BCUT2D eigenvalue weighted by atomic mass is 32.2. The third-order valence-corrected chi connectivity index (χ3v) is 3.59. The van der Waals surface area contributed by atoms with Gasteiger partial charge in [0.15, 0.2) is 5.12 Å². The van der Waals surface area contributed by atoms with Gasteiger partial charge in [-0.1, -0.05) is 42.1 Å². The van der Waals surface area contributed by atoms with Crippen molar-refractivity contribution in [1.29, 1.82) is 0 Å². The Morgan fingerprint density at radius 2 is 2.00 bits per heavy atom. The summed E-state index contributed by atoms with van der Waals surface area (Å²) in [4.78, 5) is 10.8. The first-order valence-corrected chi connectivity index (χ1v) is 7.16. The van der Waals surface area contributed by atoms with Crippen LogP contribution in [0.2, 0.25) is 0 Å². The van der Waals surface area contributed by atoms with Crippen molar-refractivity contribution in [3.8, 4) is 5.75 Å². The third-order valence-electron chi connectivity index (χ3n) is 2.75. The molecule has 19 heavy (non-hydrogen) atoms. The number of aromatic hydroxyl groups is 1. The van der Waals surface area contributed by atoms with Gasteiger partial charge in [0.25, 0.3) is 0 Å². The van der Waals surface area contributed by atoms with Gasteiger partial charge in [-0.2, -0.15) is 0 Å². The van der Waals surface area contributed by atoms with Crippen molar-refractivity contribution in [3.05, 3.63) is 48.0 Å². The molecule has 2 nitrogen and oxygen atoms in total. The van der Waals surface area contributed by atoms with Crippen LogP contribution in [-0.4, -0.2) is 16.0 Å². The minimum Gasteiger partial charge on any atom is -0.508 e. The smallest absolute Gasteiger partial charge is 0.185 e. The topological polar surface area (TPSA) is 37.3 Å². The summed E-state index contributed by atoms with van der Waals surface area (Å²) in [7, 11) is 0. The largest absolute Gasteiger partial charge is 0.508 e. The van der Waals surface area contributed by atoms with Gasteiger partial charge in [0.05, 0.1) is 0 Å². The summed E-state index contributed by atoms with van der Waals surface area (Å²) < 4.78 is 0. The van der Waals surface area contributed by atoms with E-state index in [-0.39, 0.29) is 10.9 Å². The summed E-state index contributed by atoms with van der Waals surface area (Å²) in [5.74, 6) is 1.10. The maximum atomic E-state index is 10.8. The van der Waals surface area contributed by atoms with Crippen molar-refractivity contribution >= 4 is 33.7 Å². The molecule has 0 aliphatic heterocycles. The number of allylic oxidation sites excluding steroid dienone is 1. The number of phenols is 1. The number of carbonyl (C=O) groups excluding carboxylic acids is 1. The fourth-order valence-corrected chi connectivity index (χ4v) is 2.39. The van der Waals surface area contributed by atoms with Gasteiger partial charge in [-0.3, -0.25) is 4.79 Å². The number of hydrogen-bond donors (Lipinski definition) is 1. The van der Waals surface area contributed by atoms with Gasteiger partial charge in [0.1, 0.15) is 5.75 Å². The van der Waals surface area contributed by atoms with E-state index in [1.54, 1.807) is 19.1 Å². The molecule has 0 atom stereocenters. The molecule has 0 heterocycles. The average Bonchev–Trinajstić information content (AvgIpc) is 2.37. The van der Waals surface area contributed by atoms with E-state index in [1.165, 1.54) is 11.8 Å². The highest BCUT2D eigenvalue weighted by Crippen LogP contribution is 2.21. The third kappa shape index (κ3) is 4.14. The molecule has 0 aliphatic rings. The maximum Gasteiger partial charge on any atom is 0.185 e. The van der Waals surface area contributed by atoms with E-state index in [0.717, 1.165) is 28.5 Å². The lowest BCUT2D eigenvalue weighted by Gasteiger charge is -2.00. The lowest BCUT2D eigenvalue weighted by molar-refractivity contribution is -0.109. The van der Waals surface area contributed by atoms with Gasteiger partial charge in [0.2, 0.25) is 0 Å². The van der Waals surface area contributed by atoms with Crippen LogP contribution >= 0.6 is 11.8 Å². The van der Waals surface area contributed by atoms with Crippen molar-refractivity contribution in [3.63, 3.8) is 0 Å². The SMILES string of the molecule is CC(=O)SCCC=Cc1ccc2ccc(O)cc2c1. The molecule has 0 aromatic heterocycles. The van der Waals surface area contributed by atoms with Gasteiger partial charge in [0, 0.05) is 12.7 Å². The Bertz CT molecular complexity index is 617. The van der Waals surface area contributed by atoms with E-state index in [9.17, 15) is 9.90 Å². The number of thioether (sulfide) groups is 1. The molecule has 0 saturated heterocycles. The zero-order valence-corrected chi connectivity index (χ0v) is 11.6. The zero-order chi connectivity index (χ0) is 13.7. The van der Waals surface area contributed by atoms with Gasteiger partial charge < -0.3 is 5.11 Å². The second-order valence-electron chi connectivity index (χ2n) is 4.32. The molecule has 98 valence electrons. The van der Waals surface area contributed by atoms with Crippen LogP contribution in [0, 0.1) is 0 Å². The normalized spacial score (nSPS) is 11.2. The number of rotatable bonds is 4. The van der Waals surface area contributed by atoms with Crippen LogP contribution in [-0.2, 0) is 4.79 Å². The first kappa shape index (κ1) is 13.7. The highest BCUT2D eigenvalue weighted by Gasteiger charge is 1.96. The minimum atomic E-state index is 0.162. The number of benzene rings is 2. The summed E-state index contributed by atoms with van der Waals surface area (Å²) >= 11 is 1.35. The highest BCUT2D eigenvalue weighted by molar-refractivity contribution is 8.13. The van der Waals surface area contributed by atoms with Gasteiger partial charge in [-0.15, -0.1) is 0 Å². The van der Waals surface area contributed by atoms with Gasteiger partial charge >= 0.3 is 0 Å². The number of carbonyl (C=O) groups is 1. The molecule has 3 heteroatoms. The summed E-state index contributed by atoms with van der Waals surface area (Å²) in [6, 6.07) is 11.5. The van der Waals surface area contributed by atoms with E-state index in [0.29, 0.717) is 0 Å². The minimum absolute atomic E-state index is 0.162. The quantitative estimate of drug-likeness (QED) is 0.846. The van der Waals surface area contributed by atoms with Gasteiger partial charge in [-0.05, 0) is 41.0 Å². The molecule has 0 bridgehead atoms. The van der Waals surface area contributed by atoms with Crippen LogP contribution in [0.25, 0.3) is 16.8 Å². The van der Waals surface area contributed by atoms with Crippen molar-refractivity contribution in [2.75, 3.05) is 5.75 Å². The van der Waals surface area contributed by atoms with E-state index in [2.05, 4.69) is 6.08 Å². The van der Waals surface area contributed by atoms with E-state index >= 15 is 0 Å². The number of hydrogen-bond acceptors (Lipinski definition) is 3. The van der Waals surface area contributed by atoms with E-state index in [1.807, 2.05) is 30.3 Å². The molecular weight excluding hydrogens is 256 g/mol. The molecule has 0 saturated carbocycles. The molecule has 0 spiro atoms. The van der Waals surface area contributed by atoms with Crippen molar-refractivity contribution in [2.24, 2.45) is 0 Å². The number of fused-ring (bicyclic) bond motifs is 1. The molecule has 0 amide bonds. The summed E-state index contributed by atoms with van der Waals surface area (Å²) in [5, 5.41) is 11.8. The van der Waals surface area contributed by atoms with Crippen molar-refractivity contribution in [2.45, 2.75) is 13.3 Å². The Balaban J connectivity index is 2.04. The van der Waals surface area contributed by atoms with Crippen LogP contribution in [0.1, 0.15) is 18.9 Å². The predicted molar refractivity (Wildman–Crippen MR) is 82.4 cm³/mol. The lowest BCUT2D eigenvalue weighted by atomic mass is 10.1. The second-order valence-corrected chi connectivity index (χ2v) is 5.59. The first-order chi connectivity index (χ1) is 9.15. The van der Waals surface area contributed by atoms with Crippen molar-refractivity contribution < 1.29 is 9.90 Å². The standard InChI is InChI=1S/C16H16O2S/c1-12(17)19-9-3-2-4-13-5-6-14-7-8-16(18)11-15(14)10-13/h2,4-8,10-11,18H,3,9H2,1H3. The Kier molecular flexibility index (Phi) is 4.63. The fraction of sp³-hybridized carbons (Fsp3) is 0.188. The molecule has 2 aromatic rings. The molecule has 0 radical (unpaired) electrons. The van der Waals surface area contributed by atoms with Gasteiger partial charge in [-0.25, -0.2) is 0 Å². The predicted octanol–water partition coefficient (Wildman–Crippen LogP) is 4.23. The lowest BCUT2D eigenvalue weighted by Crippen LogP contribution is -1.83. The van der Waals surface area contributed by atoms with Crippen LogP contribution in [0.15, 0.2) is 42.5 Å². The Hall–Kier alpha value is -1.74. The van der Waals surface area contributed by atoms with Crippen LogP contribution in [0.3, 0.4) is 0 Å². The van der Waals surface area contributed by atoms with Crippen LogP contribution in [0.5, 0.6) is 5.75 Å². The Labute approximate surface area is 117 Å². The molecule has 2 rings (SSSR count). The van der Waals surface area contributed by atoms with E-state index in [4.69, 9.17) is 0 Å². The zero-order valence-electron chi connectivity index (χ0n) is 10.8. The molecule has 0 unspecified atom stereocenters. The average molecular weight is 272 g/mol. The monoisotopic (exact) mass is 272 g/mol. The maximum absolute atomic E-state index is 10.8. The van der Waals surface area contributed by atoms with Crippen LogP contribution in [0.4, 0.5) is 0 Å².